The average Bonchev–Trinajstić information content (AvgIpc) is 2.82. The molecule has 0 bridgehead atoms. The first-order chi connectivity index (χ1) is 7.88. The Bertz CT molecular complexity index is 423. The molecule has 1 aromatic heterocycles. The van der Waals surface area contributed by atoms with Crippen LogP contribution >= 0.6 is 11.8 Å². The molecule has 16 heavy (non-hydrogen) atoms. The summed E-state index contributed by atoms with van der Waals surface area (Å²) < 4.78 is 10.5. The van der Waals surface area contributed by atoms with Crippen LogP contribution in [-0.4, -0.2) is 7.11 Å². The zero-order valence-electron chi connectivity index (χ0n) is 9.18. The van der Waals surface area contributed by atoms with E-state index in [1.165, 1.54) is 5.56 Å². The number of ether oxygens (including phenoxy) is 1. The van der Waals surface area contributed by atoms with E-state index in [0.29, 0.717) is 0 Å². The first kappa shape index (κ1) is 11.1. The number of methoxy groups -OCH3 is 1. The number of hydrogen-bond donors (Lipinski definition) is 0. The van der Waals surface area contributed by atoms with Crippen LogP contribution in [0.4, 0.5) is 0 Å². The lowest BCUT2D eigenvalue weighted by Crippen LogP contribution is -1.86. The van der Waals surface area contributed by atoms with Gasteiger partial charge in [0.1, 0.15) is 11.5 Å². The zero-order valence-corrected chi connectivity index (χ0v) is 10.00. The Morgan fingerprint density at radius 1 is 1.19 bits per heavy atom. The summed E-state index contributed by atoms with van der Waals surface area (Å²) in [5.41, 5.74) is 1.27. The van der Waals surface area contributed by atoms with E-state index in [4.69, 9.17) is 9.15 Å². The largest absolute Gasteiger partial charge is 0.497 e. The van der Waals surface area contributed by atoms with Crippen molar-refractivity contribution in [3.05, 3.63) is 54.0 Å². The van der Waals surface area contributed by atoms with Crippen LogP contribution in [0.15, 0.2) is 47.1 Å². The highest BCUT2D eigenvalue weighted by Gasteiger charge is 1.99. The van der Waals surface area contributed by atoms with Crippen molar-refractivity contribution in [3.8, 4) is 5.75 Å². The normalized spacial score (nSPS) is 10.3. The number of furan rings is 1. The van der Waals surface area contributed by atoms with E-state index in [0.717, 1.165) is 23.0 Å². The summed E-state index contributed by atoms with van der Waals surface area (Å²) in [6.07, 6.45) is 1.71. The topological polar surface area (TPSA) is 22.4 Å². The standard InChI is InChI=1S/C13H14O2S/c1-14-12-5-2-4-11(8-12)9-16-10-13-6-3-7-15-13/h2-8H,9-10H2,1H3. The van der Waals surface area contributed by atoms with Crippen LogP contribution in [0.3, 0.4) is 0 Å². The number of thioether (sulfide) groups is 1. The summed E-state index contributed by atoms with van der Waals surface area (Å²) in [7, 11) is 1.69. The summed E-state index contributed by atoms with van der Waals surface area (Å²) in [5.74, 6) is 3.81. The molecule has 0 radical (unpaired) electrons. The maximum atomic E-state index is 5.27. The van der Waals surface area contributed by atoms with Gasteiger partial charge in [-0.1, -0.05) is 12.1 Å². The Kier molecular flexibility index (Phi) is 3.94. The average molecular weight is 234 g/mol. The van der Waals surface area contributed by atoms with Crippen molar-refractivity contribution in [2.45, 2.75) is 11.5 Å². The fourth-order valence-electron chi connectivity index (χ4n) is 1.43. The van der Waals surface area contributed by atoms with Gasteiger partial charge in [-0.05, 0) is 29.8 Å². The Morgan fingerprint density at radius 3 is 2.88 bits per heavy atom. The lowest BCUT2D eigenvalue weighted by molar-refractivity contribution is 0.414. The molecule has 0 saturated heterocycles. The van der Waals surface area contributed by atoms with Crippen molar-refractivity contribution in [1.82, 2.24) is 0 Å². The Morgan fingerprint density at radius 2 is 2.12 bits per heavy atom. The zero-order chi connectivity index (χ0) is 11.2. The van der Waals surface area contributed by atoms with Crippen LogP contribution in [0, 0.1) is 0 Å². The van der Waals surface area contributed by atoms with Crippen molar-refractivity contribution in [3.63, 3.8) is 0 Å². The van der Waals surface area contributed by atoms with Crippen LogP contribution in [0.5, 0.6) is 5.75 Å². The summed E-state index contributed by atoms with van der Waals surface area (Å²) >= 11 is 1.83. The molecule has 0 N–H and O–H groups in total. The van der Waals surface area contributed by atoms with Crippen molar-refractivity contribution in [2.24, 2.45) is 0 Å². The van der Waals surface area contributed by atoms with Gasteiger partial charge in [0.2, 0.25) is 0 Å². The summed E-state index contributed by atoms with van der Waals surface area (Å²) in [6.45, 7) is 0. The third-order valence-corrected chi connectivity index (χ3v) is 3.25. The second-order valence-electron chi connectivity index (χ2n) is 3.42. The van der Waals surface area contributed by atoms with Gasteiger partial charge in [-0.2, -0.15) is 0 Å². The molecule has 84 valence electrons. The van der Waals surface area contributed by atoms with E-state index in [2.05, 4.69) is 12.1 Å². The predicted octanol–water partition coefficient (Wildman–Crippen LogP) is 3.72. The summed E-state index contributed by atoms with van der Waals surface area (Å²) in [5, 5.41) is 0. The summed E-state index contributed by atoms with van der Waals surface area (Å²) in [6, 6.07) is 12.1. The molecule has 3 heteroatoms. The Hall–Kier alpha value is -1.35. The fraction of sp³-hybridized carbons (Fsp3) is 0.231. The molecule has 1 aromatic carbocycles. The van der Waals surface area contributed by atoms with Gasteiger partial charge in [-0.15, -0.1) is 11.8 Å². The lowest BCUT2D eigenvalue weighted by atomic mass is 10.2. The number of hydrogen-bond acceptors (Lipinski definition) is 3. The molecule has 0 unspecified atom stereocenters. The molecular weight excluding hydrogens is 220 g/mol. The molecule has 0 fully saturated rings. The van der Waals surface area contributed by atoms with E-state index >= 15 is 0 Å². The van der Waals surface area contributed by atoms with E-state index in [1.807, 2.05) is 36.0 Å². The Labute approximate surface area is 99.6 Å². The second-order valence-corrected chi connectivity index (χ2v) is 4.41. The fourth-order valence-corrected chi connectivity index (χ4v) is 2.31. The van der Waals surface area contributed by atoms with Gasteiger partial charge < -0.3 is 9.15 Å². The first-order valence-electron chi connectivity index (χ1n) is 5.11. The van der Waals surface area contributed by atoms with Crippen LogP contribution in [0.2, 0.25) is 0 Å². The SMILES string of the molecule is COc1cccc(CSCc2ccco2)c1. The van der Waals surface area contributed by atoms with E-state index in [1.54, 1.807) is 13.4 Å². The summed E-state index contributed by atoms with van der Waals surface area (Å²) in [4.78, 5) is 0. The molecule has 2 aromatic rings. The molecule has 2 nitrogen and oxygen atoms in total. The molecule has 0 aliphatic rings. The highest BCUT2D eigenvalue weighted by Crippen LogP contribution is 2.20. The molecule has 0 amide bonds. The van der Waals surface area contributed by atoms with Gasteiger partial charge in [0.15, 0.2) is 0 Å². The predicted molar refractivity (Wildman–Crippen MR) is 66.7 cm³/mol. The van der Waals surface area contributed by atoms with Crippen molar-refractivity contribution >= 4 is 11.8 Å². The van der Waals surface area contributed by atoms with Crippen LogP contribution in [-0.2, 0) is 11.5 Å². The maximum Gasteiger partial charge on any atom is 0.119 e. The van der Waals surface area contributed by atoms with Crippen LogP contribution in [0.25, 0.3) is 0 Å². The quantitative estimate of drug-likeness (QED) is 0.787. The molecule has 0 atom stereocenters. The molecular formula is C13H14O2S. The second kappa shape index (κ2) is 5.66. The minimum atomic E-state index is 0.907. The first-order valence-corrected chi connectivity index (χ1v) is 6.27. The molecule has 0 saturated carbocycles. The minimum absolute atomic E-state index is 0.907. The third-order valence-electron chi connectivity index (χ3n) is 2.23. The van der Waals surface area contributed by atoms with Gasteiger partial charge in [0, 0.05) is 5.75 Å². The Balaban J connectivity index is 1.85. The molecule has 1 heterocycles. The van der Waals surface area contributed by atoms with E-state index < -0.39 is 0 Å². The van der Waals surface area contributed by atoms with E-state index in [9.17, 15) is 0 Å². The van der Waals surface area contributed by atoms with Gasteiger partial charge in [-0.25, -0.2) is 0 Å². The third kappa shape index (κ3) is 3.07. The molecule has 0 spiro atoms. The van der Waals surface area contributed by atoms with E-state index in [-0.39, 0.29) is 0 Å². The van der Waals surface area contributed by atoms with Gasteiger partial charge >= 0.3 is 0 Å². The van der Waals surface area contributed by atoms with Gasteiger partial charge in [0.25, 0.3) is 0 Å². The molecule has 0 aliphatic carbocycles. The smallest absolute Gasteiger partial charge is 0.119 e. The van der Waals surface area contributed by atoms with Gasteiger partial charge in [0.05, 0.1) is 19.1 Å². The number of benzene rings is 1. The molecule has 0 aliphatic heterocycles. The van der Waals surface area contributed by atoms with Crippen molar-refractivity contribution < 1.29 is 9.15 Å². The highest BCUT2D eigenvalue weighted by molar-refractivity contribution is 7.97. The molecule has 2 rings (SSSR count). The monoisotopic (exact) mass is 234 g/mol. The number of rotatable bonds is 5. The highest BCUT2D eigenvalue weighted by atomic mass is 32.2. The van der Waals surface area contributed by atoms with Crippen molar-refractivity contribution in [2.75, 3.05) is 7.11 Å². The van der Waals surface area contributed by atoms with Crippen LogP contribution in [0.1, 0.15) is 11.3 Å². The van der Waals surface area contributed by atoms with Gasteiger partial charge in [-0.3, -0.25) is 0 Å². The van der Waals surface area contributed by atoms with Crippen molar-refractivity contribution in [1.29, 1.82) is 0 Å². The van der Waals surface area contributed by atoms with Crippen LogP contribution < -0.4 is 4.74 Å². The lowest BCUT2D eigenvalue weighted by Gasteiger charge is -2.03. The minimum Gasteiger partial charge on any atom is -0.497 e. The maximum absolute atomic E-state index is 5.27.